The molecule has 0 aliphatic heterocycles. The van der Waals surface area contributed by atoms with Crippen molar-refractivity contribution in [2.24, 2.45) is 0 Å². The van der Waals surface area contributed by atoms with Gasteiger partial charge in [0.1, 0.15) is 0 Å². The fourth-order valence-electron chi connectivity index (χ4n) is 3.64. The molecule has 3 aliphatic rings. The second kappa shape index (κ2) is 6.92. The van der Waals surface area contributed by atoms with Crippen molar-refractivity contribution in [3.8, 4) is 0 Å². The highest BCUT2D eigenvalue weighted by Crippen LogP contribution is 2.36. The lowest BCUT2D eigenvalue weighted by Crippen LogP contribution is -2.00. The number of allylic oxidation sites excluding steroid dienone is 10. The van der Waals surface area contributed by atoms with E-state index in [9.17, 15) is 0 Å². The molecule has 3 aliphatic carbocycles. The van der Waals surface area contributed by atoms with Crippen molar-refractivity contribution in [2.45, 2.75) is 64.2 Å². The molecular formula is C20H26. The topological polar surface area (TPSA) is 0 Å². The molecule has 20 heavy (non-hydrogen) atoms. The van der Waals surface area contributed by atoms with Crippen LogP contribution in [0, 0.1) is 0 Å². The maximum absolute atomic E-state index is 2.55. The van der Waals surface area contributed by atoms with E-state index in [1.54, 1.807) is 22.3 Å². The lowest BCUT2D eigenvalue weighted by Gasteiger charge is -2.19. The molecule has 3 rings (SSSR count). The first kappa shape index (κ1) is 13.7. The quantitative estimate of drug-likeness (QED) is 0.523. The van der Waals surface area contributed by atoms with Crippen molar-refractivity contribution < 1.29 is 0 Å². The highest BCUT2D eigenvalue weighted by atomic mass is 14.2. The zero-order valence-corrected chi connectivity index (χ0v) is 12.5. The van der Waals surface area contributed by atoms with Crippen molar-refractivity contribution in [2.75, 3.05) is 0 Å². The van der Waals surface area contributed by atoms with Crippen molar-refractivity contribution in [3.05, 3.63) is 58.7 Å². The average molecular weight is 266 g/mol. The van der Waals surface area contributed by atoms with Gasteiger partial charge in [-0.25, -0.2) is 0 Å². The summed E-state index contributed by atoms with van der Waals surface area (Å²) in [6, 6.07) is 0. The highest BCUT2D eigenvalue weighted by Gasteiger charge is 2.17. The molecule has 0 aromatic rings. The minimum Gasteiger partial charge on any atom is -0.0879 e. The molecule has 0 nitrogen and oxygen atoms in total. The van der Waals surface area contributed by atoms with E-state index in [1.807, 2.05) is 0 Å². The number of hydrogen-bond donors (Lipinski definition) is 0. The Kier molecular flexibility index (Phi) is 4.73. The van der Waals surface area contributed by atoms with Gasteiger partial charge in [0.05, 0.1) is 0 Å². The number of hydrogen-bond acceptors (Lipinski definition) is 0. The molecule has 0 atom stereocenters. The van der Waals surface area contributed by atoms with Gasteiger partial charge in [-0.05, 0) is 80.1 Å². The predicted octanol–water partition coefficient (Wildman–Crippen LogP) is 6.19. The fraction of sp³-hybridized carbons (Fsp3) is 0.500. The van der Waals surface area contributed by atoms with Crippen LogP contribution in [-0.4, -0.2) is 0 Å². The maximum Gasteiger partial charge on any atom is -0.00919 e. The van der Waals surface area contributed by atoms with Gasteiger partial charge in [0, 0.05) is 0 Å². The first-order chi connectivity index (χ1) is 9.95. The van der Waals surface area contributed by atoms with Gasteiger partial charge in [-0.1, -0.05) is 42.9 Å². The molecular weight excluding hydrogens is 240 g/mol. The standard InChI is InChI=1S/C20H26/c1-2-6-12-17(11-5-1)19-15-9-4-10-16-20(19)18-13-7-3-8-14-18/h3-4,7,10-11,14H,1-2,5-6,8-9,12-13,15-16H2. The summed E-state index contributed by atoms with van der Waals surface area (Å²) in [4.78, 5) is 0. The Morgan fingerprint density at radius 2 is 1.55 bits per heavy atom. The van der Waals surface area contributed by atoms with Crippen LogP contribution in [0.4, 0.5) is 0 Å². The summed E-state index contributed by atoms with van der Waals surface area (Å²) in [6.45, 7) is 0. The molecule has 0 saturated heterocycles. The zero-order valence-electron chi connectivity index (χ0n) is 12.5. The van der Waals surface area contributed by atoms with E-state index in [0.717, 1.165) is 19.3 Å². The van der Waals surface area contributed by atoms with Gasteiger partial charge < -0.3 is 0 Å². The fourth-order valence-corrected chi connectivity index (χ4v) is 3.64. The van der Waals surface area contributed by atoms with Gasteiger partial charge in [0.25, 0.3) is 0 Å². The summed E-state index contributed by atoms with van der Waals surface area (Å²) in [7, 11) is 0. The van der Waals surface area contributed by atoms with Crippen LogP contribution >= 0.6 is 0 Å². The summed E-state index contributed by atoms with van der Waals surface area (Å²) < 4.78 is 0. The van der Waals surface area contributed by atoms with Gasteiger partial charge in [0.15, 0.2) is 0 Å². The normalized spacial score (nSPS) is 24.0. The van der Waals surface area contributed by atoms with Crippen molar-refractivity contribution >= 4 is 0 Å². The summed E-state index contributed by atoms with van der Waals surface area (Å²) in [5.41, 5.74) is 6.62. The molecule has 0 saturated carbocycles. The van der Waals surface area contributed by atoms with Gasteiger partial charge >= 0.3 is 0 Å². The van der Waals surface area contributed by atoms with Gasteiger partial charge in [-0.2, -0.15) is 0 Å². The van der Waals surface area contributed by atoms with Crippen LogP contribution in [0.2, 0.25) is 0 Å². The van der Waals surface area contributed by atoms with E-state index >= 15 is 0 Å². The second-order valence-electron chi connectivity index (χ2n) is 6.14. The molecule has 0 aromatic carbocycles. The summed E-state index contributed by atoms with van der Waals surface area (Å²) in [5, 5.41) is 0. The lowest BCUT2D eigenvalue weighted by atomic mass is 9.86. The third-order valence-corrected chi connectivity index (χ3v) is 4.73. The molecule has 106 valence electrons. The first-order valence-electron chi connectivity index (χ1n) is 8.36. The largest absolute Gasteiger partial charge is 0.0879 e. The molecule has 0 amide bonds. The average Bonchev–Trinajstić information content (AvgIpc) is 2.90. The van der Waals surface area contributed by atoms with E-state index in [-0.39, 0.29) is 0 Å². The van der Waals surface area contributed by atoms with Crippen LogP contribution in [0.15, 0.2) is 58.7 Å². The minimum atomic E-state index is 1.12. The highest BCUT2D eigenvalue weighted by molar-refractivity contribution is 5.48. The van der Waals surface area contributed by atoms with E-state index in [4.69, 9.17) is 0 Å². The SMILES string of the molecule is C1=CCC(C2=C(C3=CCCCCC3)CCC=CC2)=CC1. The lowest BCUT2D eigenvalue weighted by molar-refractivity contribution is 0.710. The van der Waals surface area contributed by atoms with Crippen molar-refractivity contribution in [3.63, 3.8) is 0 Å². The van der Waals surface area contributed by atoms with Crippen molar-refractivity contribution in [1.82, 2.24) is 0 Å². The summed E-state index contributed by atoms with van der Waals surface area (Å²) in [6.07, 6.45) is 27.1. The maximum atomic E-state index is 2.55. The van der Waals surface area contributed by atoms with E-state index in [2.05, 4.69) is 36.5 Å². The molecule has 0 heteroatoms. The molecule has 0 radical (unpaired) electrons. The Morgan fingerprint density at radius 3 is 2.45 bits per heavy atom. The van der Waals surface area contributed by atoms with E-state index in [1.165, 1.54) is 44.9 Å². The third kappa shape index (κ3) is 3.23. The summed E-state index contributed by atoms with van der Waals surface area (Å²) >= 11 is 0. The van der Waals surface area contributed by atoms with Crippen LogP contribution in [0.25, 0.3) is 0 Å². The van der Waals surface area contributed by atoms with Gasteiger partial charge in [-0.3, -0.25) is 0 Å². The van der Waals surface area contributed by atoms with E-state index < -0.39 is 0 Å². The van der Waals surface area contributed by atoms with Gasteiger partial charge in [0.2, 0.25) is 0 Å². The number of rotatable bonds is 2. The second-order valence-corrected chi connectivity index (χ2v) is 6.14. The van der Waals surface area contributed by atoms with Crippen LogP contribution in [0.3, 0.4) is 0 Å². The van der Waals surface area contributed by atoms with Crippen LogP contribution in [0.1, 0.15) is 64.2 Å². The van der Waals surface area contributed by atoms with Crippen LogP contribution in [-0.2, 0) is 0 Å². The third-order valence-electron chi connectivity index (χ3n) is 4.73. The molecule has 0 unspecified atom stereocenters. The molecule has 0 spiro atoms. The monoisotopic (exact) mass is 266 g/mol. The molecule has 0 bridgehead atoms. The van der Waals surface area contributed by atoms with Crippen LogP contribution < -0.4 is 0 Å². The Morgan fingerprint density at radius 1 is 0.600 bits per heavy atom. The molecule has 0 aromatic heterocycles. The first-order valence-corrected chi connectivity index (χ1v) is 8.36. The summed E-state index contributed by atoms with van der Waals surface area (Å²) in [5.74, 6) is 0. The van der Waals surface area contributed by atoms with Gasteiger partial charge in [-0.15, -0.1) is 0 Å². The molecule has 0 heterocycles. The van der Waals surface area contributed by atoms with Crippen molar-refractivity contribution in [1.29, 1.82) is 0 Å². The zero-order chi connectivity index (χ0) is 13.6. The Bertz CT molecular complexity index is 494. The minimum absolute atomic E-state index is 1.12. The van der Waals surface area contributed by atoms with E-state index in [0.29, 0.717) is 0 Å². The Balaban J connectivity index is 1.94. The molecule has 0 N–H and O–H groups in total. The Hall–Kier alpha value is -1.30. The molecule has 0 fully saturated rings. The van der Waals surface area contributed by atoms with Crippen LogP contribution in [0.5, 0.6) is 0 Å². The Labute approximate surface area is 123 Å². The smallest absolute Gasteiger partial charge is 0.00919 e. The predicted molar refractivity (Wildman–Crippen MR) is 87.6 cm³/mol.